The normalized spacial score (nSPS) is 13.8. The first-order valence-electron chi connectivity index (χ1n) is 7.78. The minimum absolute atomic E-state index is 0.145. The lowest BCUT2D eigenvalue weighted by Gasteiger charge is -2.12. The first kappa shape index (κ1) is 18.2. The molecule has 1 aliphatic rings. The zero-order valence-corrected chi connectivity index (χ0v) is 15.3. The van der Waals surface area contributed by atoms with Gasteiger partial charge in [-0.25, -0.2) is 0 Å². The molecule has 1 aliphatic heterocycles. The van der Waals surface area contributed by atoms with Crippen molar-refractivity contribution in [1.29, 1.82) is 0 Å². The van der Waals surface area contributed by atoms with Gasteiger partial charge in [0, 0.05) is 0 Å². The summed E-state index contributed by atoms with van der Waals surface area (Å²) < 4.78 is 0. The second-order valence-corrected chi connectivity index (χ2v) is 6.90. The Balaban J connectivity index is 1.87. The van der Waals surface area contributed by atoms with E-state index in [4.69, 9.17) is 11.6 Å². The number of amides is 3. The first-order valence-corrected chi connectivity index (χ1v) is 9.14. The number of hydrogen-bond donors (Lipinski definition) is 1. The summed E-state index contributed by atoms with van der Waals surface area (Å²) in [5.74, 6) is -0.921. The van der Waals surface area contributed by atoms with Gasteiger partial charge < -0.3 is 0 Å². The fourth-order valence-corrected chi connectivity index (χ4v) is 3.19. The van der Waals surface area contributed by atoms with Crippen LogP contribution in [-0.2, 0) is 0 Å². The third kappa shape index (κ3) is 3.49. The third-order valence-corrected chi connectivity index (χ3v) is 4.66. The number of halogens is 1. The van der Waals surface area contributed by atoms with Crippen LogP contribution in [0.25, 0.3) is 0 Å². The number of imide groups is 1. The molecular weight excluding hydrogens is 374 g/mol. The number of thioether (sulfide) groups is 1. The lowest BCUT2D eigenvalue weighted by molar-refractivity contribution is 0.0657. The number of amidine groups is 1. The van der Waals surface area contributed by atoms with E-state index in [0.717, 1.165) is 5.01 Å². The molecule has 3 rings (SSSR count). The van der Waals surface area contributed by atoms with Crippen LogP contribution in [0.2, 0.25) is 5.02 Å². The van der Waals surface area contributed by atoms with Gasteiger partial charge in [-0.05, 0) is 30.0 Å². The standard InChI is InChI=1S/C18H14ClN3O3S/c1-2-26-18(20-15(23)13-9-5-6-10-14(13)19)21-22-16(24)11-7-3-4-8-12(11)17(22)25/h3-10H,2H2,1H3,(H,20,21,23). The molecule has 0 saturated carbocycles. The Bertz CT molecular complexity index is 894. The predicted molar refractivity (Wildman–Crippen MR) is 101 cm³/mol. The SMILES string of the molecule is CCS/C(=N\N1C(=O)c2ccccc2C1=O)NC(=O)c1ccccc1Cl. The van der Waals surface area contributed by atoms with Gasteiger partial charge in [-0.3, -0.25) is 19.7 Å². The van der Waals surface area contributed by atoms with Crippen molar-refractivity contribution in [3.8, 4) is 0 Å². The van der Waals surface area contributed by atoms with E-state index in [1.54, 1.807) is 48.5 Å². The van der Waals surface area contributed by atoms with Crippen molar-refractivity contribution in [1.82, 2.24) is 10.3 Å². The fraction of sp³-hybridized carbons (Fsp3) is 0.111. The Kier molecular flexibility index (Phi) is 5.39. The monoisotopic (exact) mass is 387 g/mol. The molecule has 1 N–H and O–H groups in total. The molecule has 0 saturated heterocycles. The van der Waals surface area contributed by atoms with Crippen molar-refractivity contribution in [2.24, 2.45) is 5.10 Å². The number of carbonyl (C=O) groups excluding carboxylic acids is 3. The highest BCUT2D eigenvalue weighted by atomic mass is 35.5. The number of fused-ring (bicyclic) bond motifs is 1. The van der Waals surface area contributed by atoms with E-state index < -0.39 is 17.7 Å². The zero-order chi connectivity index (χ0) is 18.7. The summed E-state index contributed by atoms with van der Waals surface area (Å²) in [6.07, 6.45) is 0. The molecule has 0 bridgehead atoms. The van der Waals surface area contributed by atoms with Crippen LogP contribution in [0, 0.1) is 0 Å². The third-order valence-electron chi connectivity index (χ3n) is 3.58. The van der Waals surface area contributed by atoms with Crippen LogP contribution in [0.1, 0.15) is 38.0 Å². The molecular formula is C18H14ClN3O3S. The van der Waals surface area contributed by atoms with Crippen LogP contribution >= 0.6 is 23.4 Å². The lowest BCUT2D eigenvalue weighted by Crippen LogP contribution is -2.33. The maximum absolute atomic E-state index is 12.4. The maximum Gasteiger partial charge on any atom is 0.282 e. The Morgan fingerprint density at radius 2 is 1.65 bits per heavy atom. The molecule has 0 aromatic heterocycles. The Morgan fingerprint density at radius 1 is 1.08 bits per heavy atom. The molecule has 1 heterocycles. The maximum atomic E-state index is 12.4. The van der Waals surface area contributed by atoms with Crippen molar-refractivity contribution in [3.63, 3.8) is 0 Å². The highest BCUT2D eigenvalue weighted by molar-refractivity contribution is 8.13. The van der Waals surface area contributed by atoms with Crippen LogP contribution in [0.5, 0.6) is 0 Å². The van der Waals surface area contributed by atoms with Gasteiger partial charge >= 0.3 is 0 Å². The number of carbonyl (C=O) groups is 3. The quantitative estimate of drug-likeness (QED) is 0.497. The molecule has 0 radical (unpaired) electrons. The second-order valence-electron chi connectivity index (χ2n) is 5.24. The van der Waals surface area contributed by atoms with Gasteiger partial charge in [-0.15, -0.1) is 5.10 Å². The average Bonchev–Trinajstić information content (AvgIpc) is 2.87. The van der Waals surface area contributed by atoms with Gasteiger partial charge in [0.15, 0.2) is 5.17 Å². The number of nitrogens with zero attached hydrogens (tertiary/aromatic N) is 2. The highest BCUT2D eigenvalue weighted by Crippen LogP contribution is 2.23. The Hall–Kier alpha value is -2.64. The lowest BCUT2D eigenvalue weighted by atomic mass is 10.1. The summed E-state index contributed by atoms with van der Waals surface area (Å²) in [5.41, 5.74) is 0.861. The molecule has 0 fully saturated rings. The molecule has 0 aliphatic carbocycles. The fourth-order valence-electron chi connectivity index (χ4n) is 2.39. The van der Waals surface area contributed by atoms with E-state index in [-0.39, 0.29) is 10.7 Å². The van der Waals surface area contributed by atoms with Gasteiger partial charge in [0.1, 0.15) is 0 Å². The highest BCUT2D eigenvalue weighted by Gasteiger charge is 2.36. The molecule has 0 atom stereocenters. The van der Waals surface area contributed by atoms with E-state index in [1.807, 2.05) is 6.92 Å². The minimum Gasteiger partial charge on any atom is -0.300 e. The van der Waals surface area contributed by atoms with Crippen molar-refractivity contribution >= 4 is 46.3 Å². The van der Waals surface area contributed by atoms with Crippen LogP contribution in [-0.4, -0.2) is 33.7 Å². The summed E-state index contributed by atoms with van der Waals surface area (Å²) in [4.78, 5) is 37.3. The van der Waals surface area contributed by atoms with Crippen LogP contribution in [0.3, 0.4) is 0 Å². The average molecular weight is 388 g/mol. The number of hydrazone groups is 1. The van der Waals surface area contributed by atoms with E-state index >= 15 is 0 Å². The first-order chi connectivity index (χ1) is 12.5. The number of rotatable bonds is 3. The number of hydrogen-bond acceptors (Lipinski definition) is 5. The number of benzene rings is 2. The van der Waals surface area contributed by atoms with Crippen molar-refractivity contribution in [2.45, 2.75) is 6.92 Å². The second kappa shape index (κ2) is 7.72. The molecule has 2 aromatic rings. The van der Waals surface area contributed by atoms with Crippen molar-refractivity contribution in [2.75, 3.05) is 5.75 Å². The molecule has 6 nitrogen and oxygen atoms in total. The topological polar surface area (TPSA) is 78.8 Å². The van der Waals surface area contributed by atoms with E-state index in [9.17, 15) is 14.4 Å². The molecule has 8 heteroatoms. The van der Waals surface area contributed by atoms with Gasteiger partial charge in [0.05, 0.1) is 21.7 Å². The summed E-state index contributed by atoms with van der Waals surface area (Å²) in [6.45, 7) is 1.87. The predicted octanol–water partition coefficient (Wildman–Crippen LogP) is 3.39. The summed E-state index contributed by atoms with van der Waals surface area (Å²) >= 11 is 7.23. The van der Waals surface area contributed by atoms with Crippen molar-refractivity contribution < 1.29 is 14.4 Å². The molecule has 3 amide bonds. The summed E-state index contributed by atoms with van der Waals surface area (Å²) in [5, 5.41) is 7.91. The van der Waals surface area contributed by atoms with Gasteiger partial charge in [-0.2, -0.15) is 5.01 Å². The zero-order valence-electron chi connectivity index (χ0n) is 13.7. The number of nitrogens with one attached hydrogen (secondary N) is 1. The largest absolute Gasteiger partial charge is 0.300 e. The van der Waals surface area contributed by atoms with Crippen LogP contribution in [0.15, 0.2) is 53.6 Å². The van der Waals surface area contributed by atoms with Gasteiger partial charge in [-0.1, -0.05) is 54.6 Å². The molecule has 0 unspecified atom stereocenters. The van der Waals surface area contributed by atoms with Crippen LogP contribution < -0.4 is 5.32 Å². The van der Waals surface area contributed by atoms with Gasteiger partial charge in [0.25, 0.3) is 17.7 Å². The molecule has 26 heavy (non-hydrogen) atoms. The molecule has 132 valence electrons. The van der Waals surface area contributed by atoms with Crippen molar-refractivity contribution in [3.05, 3.63) is 70.2 Å². The van der Waals surface area contributed by atoms with E-state index in [1.165, 1.54) is 11.8 Å². The van der Waals surface area contributed by atoms with Crippen LogP contribution in [0.4, 0.5) is 0 Å². The van der Waals surface area contributed by atoms with E-state index in [0.29, 0.717) is 21.9 Å². The molecule has 0 spiro atoms. The Morgan fingerprint density at radius 3 is 2.23 bits per heavy atom. The summed E-state index contributed by atoms with van der Waals surface area (Å²) in [7, 11) is 0. The van der Waals surface area contributed by atoms with E-state index in [2.05, 4.69) is 10.4 Å². The Labute approximate surface area is 159 Å². The smallest absolute Gasteiger partial charge is 0.282 e. The summed E-state index contributed by atoms with van der Waals surface area (Å²) in [6, 6.07) is 13.1. The minimum atomic E-state index is -0.521. The van der Waals surface area contributed by atoms with Gasteiger partial charge in [0.2, 0.25) is 0 Å². The molecule has 2 aromatic carbocycles.